The van der Waals surface area contributed by atoms with Crippen molar-refractivity contribution in [2.45, 2.75) is 6.54 Å². The number of aliphatic hydroxyl groups is 1. The predicted octanol–water partition coefficient (Wildman–Crippen LogP) is 3.34. The van der Waals surface area contributed by atoms with Gasteiger partial charge in [-0.15, -0.1) is 0 Å². The summed E-state index contributed by atoms with van der Waals surface area (Å²) in [7, 11) is 3.23. The molecule has 0 atom stereocenters. The SMILES string of the molecule is COc1ccc(CN2CC(O)=C(c3nc4ccc(OC)cc4[nH]3)C2=N)cc1. The average Bonchev–Trinajstić information content (AvgIpc) is 3.21. The van der Waals surface area contributed by atoms with Crippen LogP contribution in [0.15, 0.2) is 48.2 Å². The third-order valence-corrected chi connectivity index (χ3v) is 4.64. The average molecular weight is 364 g/mol. The number of aromatic amines is 1. The number of aliphatic hydroxyl groups excluding tert-OH is 1. The second-order valence-corrected chi connectivity index (χ2v) is 6.34. The van der Waals surface area contributed by atoms with Gasteiger partial charge in [0.15, 0.2) is 0 Å². The number of fused-ring (bicyclic) bond motifs is 1. The lowest BCUT2D eigenvalue weighted by atomic mass is 10.2. The molecule has 27 heavy (non-hydrogen) atoms. The smallest absolute Gasteiger partial charge is 0.145 e. The lowest BCUT2D eigenvalue weighted by Gasteiger charge is -2.18. The number of nitrogens with one attached hydrogen (secondary N) is 2. The fraction of sp³-hybridized carbons (Fsp3) is 0.200. The van der Waals surface area contributed by atoms with E-state index in [2.05, 4.69) is 9.97 Å². The number of hydrogen-bond donors (Lipinski definition) is 3. The lowest BCUT2D eigenvalue weighted by Crippen LogP contribution is -2.26. The molecule has 3 N–H and O–H groups in total. The largest absolute Gasteiger partial charge is 0.510 e. The Morgan fingerprint density at radius 3 is 2.52 bits per heavy atom. The van der Waals surface area contributed by atoms with Gasteiger partial charge in [-0.25, -0.2) is 4.98 Å². The molecule has 4 rings (SSSR count). The van der Waals surface area contributed by atoms with Gasteiger partial charge in [0, 0.05) is 12.6 Å². The van der Waals surface area contributed by atoms with E-state index < -0.39 is 0 Å². The number of hydrogen-bond acceptors (Lipinski definition) is 5. The number of H-pyrrole nitrogens is 1. The Balaban J connectivity index is 1.58. The summed E-state index contributed by atoms with van der Waals surface area (Å²) in [6.07, 6.45) is 0. The molecule has 0 radical (unpaired) electrons. The first kappa shape index (κ1) is 17.0. The van der Waals surface area contributed by atoms with E-state index in [1.807, 2.05) is 42.5 Å². The molecule has 2 heterocycles. The molecule has 0 unspecified atom stereocenters. The van der Waals surface area contributed by atoms with Crippen LogP contribution in [0.2, 0.25) is 0 Å². The van der Waals surface area contributed by atoms with Crippen LogP contribution < -0.4 is 9.47 Å². The molecule has 0 bridgehead atoms. The molecule has 1 aliphatic rings. The molecule has 2 aromatic carbocycles. The number of ether oxygens (including phenoxy) is 2. The Kier molecular flexibility index (Phi) is 4.19. The van der Waals surface area contributed by atoms with Gasteiger partial charge in [0.25, 0.3) is 0 Å². The summed E-state index contributed by atoms with van der Waals surface area (Å²) in [6, 6.07) is 13.2. The number of nitrogens with zero attached hydrogens (tertiary/aromatic N) is 2. The molecule has 0 amide bonds. The maximum atomic E-state index is 10.5. The summed E-state index contributed by atoms with van der Waals surface area (Å²) in [4.78, 5) is 9.51. The molecule has 138 valence electrons. The molecule has 7 heteroatoms. The third-order valence-electron chi connectivity index (χ3n) is 4.64. The van der Waals surface area contributed by atoms with E-state index in [9.17, 15) is 5.11 Å². The molecule has 0 saturated carbocycles. The number of rotatable bonds is 5. The van der Waals surface area contributed by atoms with Crippen LogP contribution in [0.25, 0.3) is 16.6 Å². The highest BCUT2D eigenvalue weighted by Crippen LogP contribution is 2.29. The number of aromatic nitrogens is 2. The van der Waals surface area contributed by atoms with E-state index in [4.69, 9.17) is 14.9 Å². The normalized spacial score (nSPS) is 14.3. The maximum Gasteiger partial charge on any atom is 0.145 e. The summed E-state index contributed by atoms with van der Waals surface area (Å²) < 4.78 is 10.4. The molecule has 1 aromatic heterocycles. The first-order chi connectivity index (χ1) is 13.1. The molecule has 3 aromatic rings. The summed E-state index contributed by atoms with van der Waals surface area (Å²) in [5.74, 6) is 2.38. The minimum Gasteiger partial charge on any atom is -0.510 e. The summed E-state index contributed by atoms with van der Waals surface area (Å²) >= 11 is 0. The van der Waals surface area contributed by atoms with Crippen molar-refractivity contribution in [1.29, 1.82) is 5.41 Å². The first-order valence-electron chi connectivity index (χ1n) is 8.52. The van der Waals surface area contributed by atoms with Crippen molar-refractivity contribution < 1.29 is 14.6 Å². The molecular weight excluding hydrogens is 344 g/mol. The van der Waals surface area contributed by atoms with E-state index in [0.29, 0.717) is 17.9 Å². The fourth-order valence-corrected chi connectivity index (χ4v) is 3.20. The van der Waals surface area contributed by atoms with Crippen LogP contribution in [0, 0.1) is 5.41 Å². The Hall–Kier alpha value is -3.48. The molecule has 0 saturated heterocycles. The van der Waals surface area contributed by atoms with Gasteiger partial charge in [-0.2, -0.15) is 0 Å². The monoisotopic (exact) mass is 364 g/mol. The molecular formula is C20H20N4O3. The Labute approximate surface area is 156 Å². The van der Waals surface area contributed by atoms with Gasteiger partial charge >= 0.3 is 0 Å². The summed E-state index contributed by atoms with van der Waals surface area (Å²) in [5.41, 5.74) is 3.01. The van der Waals surface area contributed by atoms with Crippen molar-refractivity contribution in [3.8, 4) is 11.5 Å². The predicted molar refractivity (Wildman–Crippen MR) is 103 cm³/mol. The Morgan fingerprint density at radius 1 is 1.11 bits per heavy atom. The lowest BCUT2D eigenvalue weighted by molar-refractivity contribution is 0.346. The summed E-state index contributed by atoms with van der Waals surface area (Å²) in [6.45, 7) is 0.797. The van der Waals surface area contributed by atoms with Crippen LogP contribution in [0.5, 0.6) is 11.5 Å². The fourth-order valence-electron chi connectivity index (χ4n) is 3.20. The van der Waals surface area contributed by atoms with Gasteiger partial charge in [0.05, 0.1) is 37.4 Å². The van der Waals surface area contributed by atoms with E-state index in [1.54, 1.807) is 19.1 Å². The van der Waals surface area contributed by atoms with Crippen LogP contribution in [0.1, 0.15) is 11.4 Å². The van der Waals surface area contributed by atoms with Gasteiger partial charge in [-0.05, 0) is 29.8 Å². The van der Waals surface area contributed by atoms with Gasteiger partial charge < -0.3 is 24.5 Å². The zero-order chi connectivity index (χ0) is 19.0. The van der Waals surface area contributed by atoms with Crippen molar-refractivity contribution >= 4 is 22.4 Å². The van der Waals surface area contributed by atoms with Crippen LogP contribution in [0.4, 0.5) is 0 Å². The van der Waals surface area contributed by atoms with Gasteiger partial charge in [0.1, 0.15) is 28.9 Å². The Bertz CT molecular complexity index is 1040. The van der Waals surface area contributed by atoms with Crippen LogP contribution in [-0.4, -0.2) is 46.6 Å². The number of methoxy groups -OCH3 is 2. The quantitative estimate of drug-likeness (QED) is 0.645. The van der Waals surface area contributed by atoms with E-state index >= 15 is 0 Å². The molecule has 7 nitrogen and oxygen atoms in total. The maximum absolute atomic E-state index is 10.5. The molecule has 0 fully saturated rings. The van der Waals surface area contributed by atoms with E-state index in [1.165, 1.54) is 0 Å². The molecule has 0 aliphatic carbocycles. The van der Waals surface area contributed by atoms with Crippen LogP contribution >= 0.6 is 0 Å². The second-order valence-electron chi connectivity index (χ2n) is 6.34. The number of imidazole rings is 1. The zero-order valence-corrected chi connectivity index (χ0v) is 15.1. The van der Waals surface area contributed by atoms with E-state index in [-0.39, 0.29) is 18.1 Å². The highest BCUT2D eigenvalue weighted by molar-refractivity contribution is 6.23. The van der Waals surface area contributed by atoms with Crippen molar-refractivity contribution in [2.75, 3.05) is 20.8 Å². The molecule has 1 aliphatic heterocycles. The minimum absolute atomic E-state index is 0.138. The number of amidine groups is 1. The van der Waals surface area contributed by atoms with Crippen molar-refractivity contribution in [1.82, 2.24) is 14.9 Å². The standard InChI is InChI=1S/C20H20N4O3/c1-26-13-5-3-12(4-6-13)10-24-11-17(25)18(19(24)21)20-22-15-8-7-14(27-2)9-16(15)23-20/h3-9,21,25H,10-11H2,1-2H3,(H,22,23). The van der Waals surface area contributed by atoms with Crippen molar-refractivity contribution in [3.63, 3.8) is 0 Å². The van der Waals surface area contributed by atoms with Crippen molar-refractivity contribution in [2.24, 2.45) is 0 Å². The topological polar surface area (TPSA) is 94.5 Å². The van der Waals surface area contributed by atoms with Crippen molar-refractivity contribution in [3.05, 3.63) is 59.6 Å². The third kappa shape index (κ3) is 3.08. The second kappa shape index (κ2) is 6.68. The van der Waals surface area contributed by atoms with Gasteiger partial charge in [0.2, 0.25) is 0 Å². The highest BCUT2D eigenvalue weighted by atomic mass is 16.5. The van der Waals surface area contributed by atoms with Crippen LogP contribution in [0.3, 0.4) is 0 Å². The Morgan fingerprint density at radius 2 is 1.81 bits per heavy atom. The zero-order valence-electron chi connectivity index (χ0n) is 15.1. The van der Waals surface area contributed by atoms with Gasteiger partial charge in [-0.3, -0.25) is 5.41 Å². The summed E-state index contributed by atoms with van der Waals surface area (Å²) in [5, 5.41) is 19.0. The minimum atomic E-state index is 0.138. The first-order valence-corrected chi connectivity index (χ1v) is 8.52. The van der Waals surface area contributed by atoms with E-state index in [0.717, 1.165) is 28.1 Å². The number of benzene rings is 2. The van der Waals surface area contributed by atoms with Gasteiger partial charge in [-0.1, -0.05) is 12.1 Å². The molecule has 0 spiro atoms. The van der Waals surface area contributed by atoms with Crippen LogP contribution in [-0.2, 0) is 6.54 Å². The highest BCUT2D eigenvalue weighted by Gasteiger charge is 2.30.